The zero-order chi connectivity index (χ0) is 15.3. The molecule has 0 fully saturated rings. The van der Waals surface area contributed by atoms with E-state index in [-0.39, 0.29) is 23.7 Å². The molecule has 0 aliphatic heterocycles. The van der Waals surface area contributed by atoms with Gasteiger partial charge in [0.05, 0.1) is 5.41 Å². The predicted octanol–water partition coefficient (Wildman–Crippen LogP) is 1.23. The molecule has 0 unspecified atom stereocenters. The van der Waals surface area contributed by atoms with E-state index in [2.05, 4.69) is 5.32 Å². The zero-order valence-electron chi connectivity index (χ0n) is 11.9. The number of carbonyl (C=O) groups is 2. The number of carboxylic acids is 1. The summed E-state index contributed by atoms with van der Waals surface area (Å²) in [7, 11) is 0. The Balaban J connectivity index is 2.35. The van der Waals surface area contributed by atoms with Crippen LogP contribution in [0.2, 0.25) is 0 Å². The van der Waals surface area contributed by atoms with Gasteiger partial charge in [-0.3, -0.25) is 14.4 Å². The molecule has 7 heteroatoms. The fraction of sp³-hybridized carbons (Fsp3) is 0.615. The number of thiazole rings is 1. The summed E-state index contributed by atoms with van der Waals surface area (Å²) < 4.78 is 1.64. The van der Waals surface area contributed by atoms with Gasteiger partial charge in [-0.1, -0.05) is 11.3 Å². The van der Waals surface area contributed by atoms with E-state index in [0.717, 1.165) is 17.0 Å². The second kappa shape index (κ2) is 6.69. The molecular formula is C13H20N2O4S. The van der Waals surface area contributed by atoms with Gasteiger partial charge in [-0.15, -0.1) is 0 Å². The van der Waals surface area contributed by atoms with E-state index in [0.29, 0.717) is 13.0 Å². The van der Waals surface area contributed by atoms with Gasteiger partial charge in [-0.25, -0.2) is 0 Å². The number of nitrogens with zero attached hydrogens (tertiary/aromatic N) is 1. The Labute approximate surface area is 121 Å². The zero-order valence-corrected chi connectivity index (χ0v) is 12.7. The average molecular weight is 300 g/mol. The highest BCUT2D eigenvalue weighted by Gasteiger charge is 2.27. The Hall–Kier alpha value is -1.63. The molecule has 1 aromatic heterocycles. The molecule has 0 aromatic carbocycles. The monoisotopic (exact) mass is 300 g/mol. The highest BCUT2D eigenvalue weighted by molar-refractivity contribution is 7.07. The van der Waals surface area contributed by atoms with Crippen LogP contribution in [-0.2, 0) is 16.1 Å². The molecule has 1 aromatic rings. The van der Waals surface area contributed by atoms with Crippen LogP contribution in [0.25, 0.3) is 0 Å². The lowest BCUT2D eigenvalue weighted by Gasteiger charge is -2.19. The van der Waals surface area contributed by atoms with Gasteiger partial charge in [0.1, 0.15) is 0 Å². The number of hydrogen-bond donors (Lipinski definition) is 2. The smallest absolute Gasteiger partial charge is 0.310 e. The number of aryl methyl sites for hydroxylation is 1. The molecule has 0 spiro atoms. The third kappa shape index (κ3) is 4.48. The van der Waals surface area contributed by atoms with Crippen molar-refractivity contribution >= 4 is 23.2 Å². The Morgan fingerprint density at radius 3 is 2.60 bits per heavy atom. The number of rotatable bonds is 7. The van der Waals surface area contributed by atoms with E-state index in [9.17, 15) is 14.4 Å². The molecule has 2 N–H and O–H groups in total. The summed E-state index contributed by atoms with van der Waals surface area (Å²) in [6.07, 6.45) is 0.828. The number of hydrogen-bond acceptors (Lipinski definition) is 4. The Morgan fingerprint density at radius 2 is 2.10 bits per heavy atom. The van der Waals surface area contributed by atoms with Crippen molar-refractivity contribution in [3.05, 3.63) is 20.7 Å². The number of amides is 1. The van der Waals surface area contributed by atoms with Crippen LogP contribution in [0.5, 0.6) is 0 Å². The van der Waals surface area contributed by atoms with Gasteiger partial charge in [0.15, 0.2) is 0 Å². The van der Waals surface area contributed by atoms with Gasteiger partial charge in [0, 0.05) is 30.6 Å². The second-order valence-corrected chi connectivity index (χ2v) is 6.18. The Kier molecular flexibility index (Phi) is 5.50. The van der Waals surface area contributed by atoms with Crippen LogP contribution < -0.4 is 10.2 Å². The van der Waals surface area contributed by atoms with Crippen molar-refractivity contribution in [2.45, 2.75) is 40.2 Å². The molecule has 6 nitrogen and oxygen atoms in total. The molecular weight excluding hydrogens is 280 g/mol. The van der Waals surface area contributed by atoms with Gasteiger partial charge in [0.2, 0.25) is 5.91 Å². The molecule has 1 amide bonds. The van der Waals surface area contributed by atoms with Crippen molar-refractivity contribution in [1.29, 1.82) is 0 Å². The fourth-order valence-electron chi connectivity index (χ4n) is 1.56. The molecule has 0 aliphatic carbocycles. The van der Waals surface area contributed by atoms with Crippen LogP contribution >= 0.6 is 11.3 Å². The molecule has 0 saturated heterocycles. The predicted molar refractivity (Wildman–Crippen MR) is 77.0 cm³/mol. The molecule has 112 valence electrons. The van der Waals surface area contributed by atoms with Crippen LogP contribution in [-0.4, -0.2) is 28.1 Å². The summed E-state index contributed by atoms with van der Waals surface area (Å²) in [5.41, 5.74) is -0.0799. The molecule has 1 rings (SSSR count). The van der Waals surface area contributed by atoms with Gasteiger partial charge >= 0.3 is 10.8 Å². The van der Waals surface area contributed by atoms with E-state index in [1.54, 1.807) is 23.8 Å². The Morgan fingerprint density at radius 1 is 1.45 bits per heavy atom. The minimum atomic E-state index is -0.976. The van der Waals surface area contributed by atoms with Crippen molar-refractivity contribution in [3.8, 4) is 0 Å². The largest absolute Gasteiger partial charge is 0.481 e. The molecule has 0 aliphatic rings. The van der Waals surface area contributed by atoms with E-state index in [1.807, 2.05) is 6.92 Å². The number of nitrogens with one attached hydrogen (secondary N) is 1. The number of aliphatic carboxylic acids is 1. The van der Waals surface area contributed by atoms with E-state index >= 15 is 0 Å². The normalized spacial score (nSPS) is 11.3. The second-order valence-electron chi connectivity index (χ2n) is 5.36. The highest BCUT2D eigenvalue weighted by Crippen LogP contribution is 2.13. The standard InChI is InChI=1S/C13H20N2O4S/c1-9-7-20-12(19)15(9)6-4-5-10(16)14-8-13(2,3)11(17)18/h7H,4-6,8H2,1-3H3,(H,14,16)(H,17,18). The SMILES string of the molecule is Cc1csc(=O)n1CCCC(=O)NCC(C)(C)C(=O)O. The first-order valence-corrected chi connectivity index (χ1v) is 7.27. The van der Waals surface area contributed by atoms with Crippen molar-refractivity contribution in [3.63, 3.8) is 0 Å². The Bertz CT molecular complexity index is 545. The molecule has 1 heterocycles. The summed E-state index contributed by atoms with van der Waals surface area (Å²) in [5, 5.41) is 13.3. The lowest BCUT2D eigenvalue weighted by Crippen LogP contribution is -2.38. The van der Waals surface area contributed by atoms with Crippen molar-refractivity contribution in [2.75, 3.05) is 6.54 Å². The lowest BCUT2D eigenvalue weighted by molar-refractivity contribution is -0.146. The summed E-state index contributed by atoms with van der Waals surface area (Å²) in [4.78, 5) is 34.0. The van der Waals surface area contributed by atoms with Gasteiger partial charge < -0.3 is 15.0 Å². The maximum atomic E-state index is 11.6. The number of carbonyl (C=O) groups excluding carboxylic acids is 1. The van der Waals surface area contributed by atoms with Gasteiger partial charge in [-0.2, -0.15) is 0 Å². The highest BCUT2D eigenvalue weighted by atomic mass is 32.1. The molecule has 20 heavy (non-hydrogen) atoms. The van der Waals surface area contributed by atoms with Crippen LogP contribution in [0.15, 0.2) is 10.2 Å². The average Bonchev–Trinajstić information content (AvgIpc) is 2.68. The fourth-order valence-corrected chi connectivity index (χ4v) is 2.32. The van der Waals surface area contributed by atoms with Crippen molar-refractivity contribution in [1.82, 2.24) is 9.88 Å². The van der Waals surface area contributed by atoms with E-state index in [1.165, 1.54) is 0 Å². The summed E-state index contributed by atoms with van der Waals surface area (Å²) in [5.74, 6) is -1.14. The minimum absolute atomic E-state index is 0.0186. The van der Waals surface area contributed by atoms with Crippen molar-refractivity contribution in [2.24, 2.45) is 5.41 Å². The van der Waals surface area contributed by atoms with Crippen LogP contribution in [0.4, 0.5) is 0 Å². The van der Waals surface area contributed by atoms with Crippen LogP contribution in [0.1, 0.15) is 32.4 Å². The lowest BCUT2D eigenvalue weighted by atomic mass is 9.94. The first-order valence-electron chi connectivity index (χ1n) is 6.39. The molecule has 0 saturated carbocycles. The summed E-state index contributed by atoms with van der Waals surface area (Å²) in [6, 6.07) is 0. The number of aromatic nitrogens is 1. The molecule has 0 radical (unpaired) electrons. The first-order chi connectivity index (χ1) is 9.24. The third-order valence-electron chi connectivity index (χ3n) is 3.07. The molecule has 0 atom stereocenters. The minimum Gasteiger partial charge on any atom is -0.481 e. The van der Waals surface area contributed by atoms with E-state index in [4.69, 9.17) is 5.11 Å². The summed E-state index contributed by atoms with van der Waals surface area (Å²) in [6.45, 7) is 5.57. The van der Waals surface area contributed by atoms with Crippen LogP contribution in [0, 0.1) is 12.3 Å². The van der Waals surface area contributed by atoms with Gasteiger partial charge in [-0.05, 0) is 27.2 Å². The quantitative estimate of drug-likeness (QED) is 0.792. The number of carboxylic acid groups (broad SMARTS) is 1. The van der Waals surface area contributed by atoms with Gasteiger partial charge in [0.25, 0.3) is 0 Å². The maximum absolute atomic E-state index is 11.6. The maximum Gasteiger partial charge on any atom is 0.310 e. The summed E-state index contributed by atoms with van der Waals surface area (Å²) >= 11 is 1.15. The topological polar surface area (TPSA) is 88.4 Å². The first kappa shape index (κ1) is 16.4. The van der Waals surface area contributed by atoms with Crippen LogP contribution in [0.3, 0.4) is 0 Å². The third-order valence-corrected chi connectivity index (χ3v) is 3.95. The van der Waals surface area contributed by atoms with Crippen molar-refractivity contribution < 1.29 is 14.7 Å². The van der Waals surface area contributed by atoms with E-state index < -0.39 is 11.4 Å². The molecule has 0 bridgehead atoms.